The summed E-state index contributed by atoms with van der Waals surface area (Å²) in [6, 6.07) is 0. The predicted octanol–water partition coefficient (Wildman–Crippen LogP) is 2.86. The molecule has 102 valence electrons. The lowest BCUT2D eigenvalue weighted by Gasteiger charge is -2.31. The first-order valence-corrected chi connectivity index (χ1v) is 9.16. The van der Waals surface area contributed by atoms with Gasteiger partial charge in [0.15, 0.2) is 0 Å². The van der Waals surface area contributed by atoms with Crippen molar-refractivity contribution < 1.29 is 8.42 Å². The van der Waals surface area contributed by atoms with E-state index in [0.29, 0.717) is 23.2 Å². The molecule has 0 N–H and O–H groups in total. The maximum Gasteiger partial charge on any atom is 0.211 e. The summed E-state index contributed by atoms with van der Waals surface area (Å²) in [5.74, 6) is 1.18. The van der Waals surface area contributed by atoms with Crippen molar-refractivity contribution in [2.75, 3.05) is 19.3 Å². The number of sulfonamides is 1. The molecule has 3 nitrogen and oxygen atoms in total. The van der Waals surface area contributed by atoms with Crippen molar-refractivity contribution >= 4 is 26.0 Å². The normalized spacial score (nSPS) is 25.1. The minimum atomic E-state index is -2.99. The maximum absolute atomic E-state index is 11.5. The second-order valence-electron chi connectivity index (χ2n) is 5.47. The van der Waals surface area contributed by atoms with Crippen LogP contribution in [-0.2, 0) is 10.0 Å². The van der Waals surface area contributed by atoms with Gasteiger partial charge in [-0.25, -0.2) is 12.7 Å². The first kappa shape index (κ1) is 15.4. The highest BCUT2D eigenvalue weighted by Gasteiger charge is 2.26. The van der Waals surface area contributed by atoms with Crippen molar-refractivity contribution in [2.45, 2.75) is 44.4 Å². The second-order valence-corrected chi connectivity index (χ2v) is 8.63. The number of halogens is 1. The van der Waals surface area contributed by atoms with Gasteiger partial charge in [-0.15, -0.1) is 0 Å². The lowest BCUT2D eigenvalue weighted by atomic mass is 9.92. The van der Waals surface area contributed by atoms with Crippen LogP contribution in [0.3, 0.4) is 0 Å². The zero-order valence-electron chi connectivity index (χ0n) is 11.0. The second kappa shape index (κ2) is 6.53. The minimum absolute atomic E-state index is 0.539. The van der Waals surface area contributed by atoms with Crippen molar-refractivity contribution in [3.05, 3.63) is 0 Å². The zero-order valence-corrected chi connectivity index (χ0v) is 13.4. The molecule has 2 unspecified atom stereocenters. The van der Waals surface area contributed by atoms with E-state index in [0.717, 1.165) is 25.8 Å². The molecular weight excluding hydrogens is 302 g/mol. The summed E-state index contributed by atoms with van der Waals surface area (Å²) in [6.07, 6.45) is 5.76. The van der Waals surface area contributed by atoms with Crippen LogP contribution in [0.15, 0.2) is 0 Å². The van der Waals surface area contributed by atoms with Gasteiger partial charge in [0.05, 0.1) is 6.26 Å². The SMILES string of the molecule is CC(C)C(Br)CCC1CCCN(S(C)(=O)=O)C1. The van der Waals surface area contributed by atoms with E-state index in [4.69, 9.17) is 0 Å². The Morgan fingerprint density at radius 3 is 2.59 bits per heavy atom. The highest BCUT2D eigenvalue weighted by Crippen LogP contribution is 2.26. The molecule has 1 fully saturated rings. The largest absolute Gasteiger partial charge is 0.213 e. The fourth-order valence-electron chi connectivity index (χ4n) is 2.29. The Hall–Kier alpha value is 0.390. The minimum Gasteiger partial charge on any atom is -0.213 e. The van der Waals surface area contributed by atoms with E-state index in [-0.39, 0.29) is 0 Å². The predicted molar refractivity (Wildman–Crippen MR) is 75.9 cm³/mol. The summed E-state index contributed by atoms with van der Waals surface area (Å²) < 4.78 is 24.6. The average Bonchev–Trinajstić information content (AvgIpc) is 2.25. The van der Waals surface area contributed by atoms with E-state index in [1.54, 1.807) is 4.31 Å². The Morgan fingerprint density at radius 1 is 1.41 bits per heavy atom. The molecule has 0 spiro atoms. The van der Waals surface area contributed by atoms with Crippen molar-refractivity contribution in [1.82, 2.24) is 4.31 Å². The molecule has 0 aromatic heterocycles. The van der Waals surface area contributed by atoms with E-state index in [1.807, 2.05) is 0 Å². The molecule has 1 aliphatic rings. The molecule has 0 aliphatic carbocycles. The molecular formula is C12H24BrNO2S. The first-order valence-electron chi connectivity index (χ1n) is 6.40. The third-order valence-corrected chi connectivity index (χ3v) is 6.31. The summed E-state index contributed by atoms with van der Waals surface area (Å²) in [7, 11) is -2.99. The van der Waals surface area contributed by atoms with Gasteiger partial charge in [0.1, 0.15) is 0 Å². The van der Waals surface area contributed by atoms with Gasteiger partial charge in [0, 0.05) is 17.9 Å². The van der Waals surface area contributed by atoms with E-state index in [2.05, 4.69) is 29.8 Å². The van der Waals surface area contributed by atoms with Crippen molar-refractivity contribution in [2.24, 2.45) is 11.8 Å². The number of hydrogen-bond acceptors (Lipinski definition) is 2. The molecule has 2 atom stereocenters. The summed E-state index contributed by atoms with van der Waals surface area (Å²) in [5.41, 5.74) is 0. The quantitative estimate of drug-likeness (QED) is 0.729. The standard InChI is InChI=1S/C12H24BrNO2S/c1-10(2)12(13)7-6-11-5-4-8-14(9-11)17(3,15)16/h10-12H,4-9H2,1-3H3. The number of nitrogens with zero attached hydrogens (tertiary/aromatic N) is 1. The van der Waals surface area contributed by atoms with Crippen LogP contribution < -0.4 is 0 Å². The van der Waals surface area contributed by atoms with Gasteiger partial charge >= 0.3 is 0 Å². The van der Waals surface area contributed by atoms with Gasteiger partial charge in [0.2, 0.25) is 10.0 Å². The van der Waals surface area contributed by atoms with Crippen molar-refractivity contribution in [3.63, 3.8) is 0 Å². The van der Waals surface area contributed by atoms with Crippen LogP contribution in [0.5, 0.6) is 0 Å². The van der Waals surface area contributed by atoms with E-state index in [1.165, 1.54) is 12.7 Å². The molecule has 1 saturated heterocycles. The number of piperidine rings is 1. The molecule has 0 aromatic carbocycles. The number of hydrogen-bond donors (Lipinski definition) is 0. The van der Waals surface area contributed by atoms with Crippen LogP contribution in [0, 0.1) is 11.8 Å². The summed E-state index contributed by atoms with van der Waals surface area (Å²) in [4.78, 5) is 0.552. The molecule has 1 heterocycles. The monoisotopic (exact) mass is 325 g/mol. The van der Waals surface area contributed by atoms with E-state index in [9.17, 15) is 8.42 Å². The van der Waals surface area contributed by atoms with Crippen LogP contribution in [0.1, 0.15) is 39.5 Å². The summed E-state index contributed by atoms with van der Waals surface area (Å²) in [5, 5.41) is 0. The topological polar surface area (TPSA) is 37.4 Å². The number of rotatable bonds is 5. The molecule has 0 saturated carbocycles. The lowest BCUT2D eigenvalue weighted by Crippen LogP contribution is -2.39. The van der Waals surface area contributed by atoms with E-state index < -0.39 is 10.0 Å². The molecule has 0 amide bonds. The van der Waals surface area contributed by atoms with Gasteiger partial charge in [-0.1, -0.05) is 29.8 Å². The van der Waals surface area contributed by atoms with Gasteiger partial charge < -0.3 is 0 Å². The van der Waals surface area contributed by atoms with Gasteiger partial charge in [0.25, 0.3) is 0 Å². The van der Waals surface area contributed by atoms with Gasteiger partial charge in [-0.05, 0) is 37.5 Å². The summed E-state index contributed by atoms with van der Waals surface area (Å²) in [6.45, 7) is 5.85. The average molecular weight is 326 g/mol. The van der Waals surface area contributed by atoms with Crippen molar-refractivity contribution in [3.8, 4) is 0 Å². The highest BCUT2D eigenvalue weighted by atomic mass is 79.9. The Morgan fingerprint density at radius 2 is 2.06 bits per heavy atom. The Labute approximate surface area is 114 Å². The zero-order chi connectivity index (χ0) is 13.1. The molecule has 0 radical (unpaired) electrons. The van der Waals surface area contributed by atoms with E-state index >= 15 is 0 Å². The third kappa shape index (κ3) is 5.26. The van der Waals surface area contributed by atoms with Crippen LogP contribution in [0.4, 0.5) is 0 Å². The maximum atomic E-state index is 11.5. The Kier molecular flexibility index (Phi) is 5.93. The fraction of sp³-hybridized carbons (Fsp3) is 1.00. The summed E-state index contributed by atoms with van der Waals surface area (Å²) >= 11 is 3.69. The van der Waals surface area contributed by atoms with Crippen LogP contribution >= 0.6 is 15.9 Å². The Bertz CT molecular complexity index is 329. The number of alkyl halides is 1. The van der Waals surface area contributed by atoms with Gasteiger partial charge in [-0.2, -0.15) is 0 Å². The molecule has 1 aliphatic heterocycles. The first-order chi connectivity index (χ1) is 7.80. The molecule has 17 heavy (non-hydrogen) atoms. The lowest BCUT2D eigenvalue weighted by molar-refractivity contribution is 0.251. The highest BCUT2D eigenvalue weighted by molar-refractivity contribution is 9.09. The van der Waals surface area contributed by atoms with Crippen LogP contribution in [0.2, 0.25) is 0 Å². The fourth-order valence-corrected chi connectivity index (χ4v) is 3.50. The van der Waals surface area contributed by atoms with Crippen LogP contribution in [0.25, 0.3) is 0 Å². The molecule has 0 aromatic rings. The van der Waals surface area contributed by atoms with Crippen LogP contribution in [-0.4, -0.2) is 36.9 Å². The van der Waals surface area contributed by atoms with Gasteiger partial charge in [-0.3, -0.25) is 0 Å². The molecule has 0 bridgehead atoms. The molecule has 5 heteroatoms. The third-order valence-electron chi connectivity index (χ3n) is 3.52. The Balaban J connectivity index is 2.40. The van der Waals surface area contributed by atoms with Crippen molar-refractivity contribution in [1.29, 1.82) is 0 Å². The smallest absolute Gasteiger partial charge is 0.211 e. The molecule has 1 rings (SSSR count).